The maximum atomic E-state index is 12.5. The van der Waals surface area contributed by atoms with E-state index in [1.54, 1.807) is 0 Å². The van der Waals surface area contributed by atoms with Gasteiger partial charge >= 0.3 is 0 Å². The van der Waals surface area contributed by atoms with Gasteiger partial charge in [-0.15, -0.1) is 12.4 Å². The topological polar surface area (TPSA) is 38.8 Å². The molecule has 1 saturated heterocycles. The van der Waals surface area contributed by atoms with Crippen LogP contribution in [0.1, 0.15) is 34.7 Å². The smallest absolute Gasteiger partial charge is 0.164 e. The molecule has 0 radical (unpaired) electrons. The van der Waals surface area contributed by atoms with Crippen molar-refractivity contribution in [3.63, 3.8) is 0 Å². The maximum absolute atomic E-state index is 12.5. The van der Waals surface area contributed by atoms with Crippen LogP contribution in [0.3, 0.4) is 0 Å². The van der Waals surface area contributed by atoms with Crippen LogP contribution in [0.15, 0.2) is 48.5 Å². The number of Topliss-reactive ketones (excluding diaryl/α,β-unsaturated/α-hetero) is 1. The summed E-state index contributed by atoms with van der Waals surface area (Å²) in [5, 5.41) is 0. The number of hydrogen-bond acceptors (Lipinski definition) is 4. The van der Waals surface area contributed by atoms with E-state index < -0.39 is 0 Å². The predicted molar refractivity (Wildman–Crippen MR) is 104 cm³/mol. The van der Waals surface area contributed by atoms with Crippen LogP contribution < -0.4 is 9.47 Å². The maximum Gasteiger partial charge on any atom is 0.164 e. The molecule has 0 amide bonds. The summed E-state index contributed by atoms with van der Waals surface area (Å²) >= 11 is 0. The first-order valence-corrected chi connectivity index (χ1v) is 9.00. The van der Waals surface area contributed by atoms with Crippen LogP contribution in [-0.4, -0.2) is 43.5 Å². The van der Waals surface area contributed by atoms with Gasteiger partial charge in [0.15, 0.2) is 17.3 Å². The van der Waals surface area contributed by atoms with Gasteiger partial charge in [-0.3, -0.25) is 4.79 Å². The molecule has 2 aliphatic rings. The normalized spacial score (nSPS) is 19.0. The van der Waals surface area contributed by atoms with E-state index in [-0.39, 0.29) is 18.2 Å². The first kappa shape index (κ1) is 18.7. The lowest BCUT2D eigenvalue weighted by atomic mass is 9.99. The van der Waals surface area contributed by atoms with Crippen molar-refractivity contribution in [3.05, 3.63) is 59.7 Å². The summed E-state index contributed by atoms with van der Waals surface area (Å²) in [6.07, 6.45) is 1.71. The Morgan fingerprint density at radius 1 is 1.04 bits per heavy atom. The third-order valence-corrected chi connectivity index (χ3v) is 5.06. The molecular weight excluding hydrogens is 350 g/mol. The van der Waals surface area contributed by atoms with E-state index in [1.165, 1.54) is 12.0 Å². The quantitative estimate of drug-likeness (QED) is 0.744. The molecule has 26 heavy (non-hydrogen) atoms. The van der Waals surface area contributed by atoms with Gasteiger partial charge in [0.1, 0.15) is 13.2 Å². The molecule has 1 fully saturated rings. The molecule has 0 bridgehead atoms. The Labute approximate surface area is 160 Å². The van der Waals surface area contributed by atoms with Gasteiger partial charge in [0.05, 0.1) is 0 Å². The second-order valence-electron chi connectivity index (χ2n) is 6.73. The van der Waals surface area contributed by atoms with Crippen LogP contribution in [0.5, 0.6) is 11.5 Å². The standard InChI is InChI=1S/C21H23NO3.ClH/c23-19(17-6-7-20-21(14-17)25-13-12-24-20)9-11-22-10-8-18(15-22)16-4-2-1-3-5-16;/h1-7,14,18H,8-13,15H2;1H. The molecule has 5 heteroatoms. The average molecular weight is 374 g/mol. The highest BCUT2D eigenvalue weighted by molar-refractivity contribution is 5.96. The van der Waals surface area contributed by atoms with Crippen molar-refractivity contribution >= 4 is 18.2 Å². The predicted octanol–water partition coefficient (Wildman–Crippen LogP) is 3.94. The molecule has 2 aliphatic heterocycles. The lowest BCUT2D eigenvalue weighted by molar-refractivity contribution is 0.0967. The van der Waals surface area contributed by atoms with E-state index >= 15 is 0 Å². The van der Waals surface area contributed by atoms with Crippen LogP contribution >= 0.6 is 12.4 Å². The SMILES string of the molecule is Cl.O=C(CCN1CCC(c2ccccc2)C1)c1ccc2c(c1)OCCO2. The van der Waals surface area contributed by atoms with E-state index in [0.29, 0.717) is 36.9 Å². The minimum atomic E-state index is 0. The highest BCUT2D eigenvalue weighted by Crippen LogP contribution is 2.31. The number of rotatable bonds is 5. The van der Waals surface area contributed by atoms with Crippen LogP contribution in [0, 0.1) is 0 Å². The molecule has 0 saturated carbocycles. The minimum absolute atomic E-state index is 0. The summed E-state index contributed by atoms with van der Waals surface area (Å²) in [5.74, 6) is 2.17. The number of likely N-dealkylation sites (tertiary alicyclic amines) is 1. The van der Waals surface area contributed by atoms with Crippen molar-refractivity contribution in [3.8, 4) is 11.5 Å². The molecule has 0 N–H and O–H groups in total. The summed E-state index contributed by atoms with van der Waals surface area (Å²) in [6, 6.07) is 16.2. The number of carbonyl (C=O) groups is 1. The largest absolute Gasteiger partial charge is 0.486 e. The summed E-state index contributed by atoms with van der Waals surface area (Å²) in [4.78, 5) is 14.9. The molecule has 1 atom stereocenters. The highest BCUT2D eigenvalue weighted by Gasteiger charge is 2.24. The third-order valence-electron chi connectivity index (χ3n) is 5.06. The monoisotopic (exact) mass is 373 g/mol. The molecule has 0 aliphatic carbocycles. The zero-order valence-electron chi connectivity index (χ0n) is 14.7. The number of benzene rings is 2. The van der Waals surface area contributed by atoms with Crippen LogP contribution in [-0.2, 0) is 0 Å². The van der Waals surface area contributed by atoms with Crippen molar-refractivity contribution in [1.29, 1.82) is 0 Å². The first-order valence-electron chi connectivity index (χ1n) is 9.00. The third kappa shape index (κ3) is 4.19. The molecule has 4 rings (SSSR count). The van der Waals surface area contributed by atoms with Gasteiger partial charge in [-0.2, -0.15) is 0 Å². The fourth-order valence-corrected chi connectivity index (χ4v) is 3.65. The van der Waals surface area contributed by atoms with Crippen molar-refractivity contribution in [1.82, 2.24) is 4.90 Å². The average Bonchev–Trinajstić information content (AvgIpc) is 3.15. The first-order chi connectivity index (χ1) is 12.3. The Hall–Kier alpha value is -2.04. The van der Waals surface area contributed by atoms with Crippen LogP contribution in [0.2, 0.25) is 0 Å². The Balaban J connectivity index is 0.00000196. The Bertz CT molecular complexity index is 750. The molecule has 1 unspecified atom stereocenters. The Kier molecular flexibility index (Phi) is 6.17. The van der Waals surface area contributed by atoms with Gasteiger partial charge in [-0.25, -0.2) is 0 Å². The fourth-order valence-electron chi connectivity index (χ4n) is 3.65. The second kappa shape index (κ2) is 8.56. The highest BCUT2D eigenvalue weighted by atomic mass is 35.5. The van der Waals surface area contributed by atoms with Gasteiger partial charge in [-0.05, 0) is 42.6 Å². The molecule has 0 spiro atoms. The van der Waals surface area contributed by atoms with Gasteiger partial charge in [0, 0.05) is 25.1 Å². The Morgan fingerprint density at radius 3 is 2.62 bits per heavy atom. The lowest BCUT2D eigenvalue weighted by Gasteiger charge is -2.19. The molecule has 2 aromatic carbocycles. The van der Waals surface area contributed by atoms with E-state index in [9.17, 15) is 4.79 Å². The molecular formula is C21H24ClNO3. The number of nitrogens with zero attached hydrogens (tertiary/aromatic N) is 1. The number of ketones is 1. The van der Waals surface area contributed by atoms with Crippen molar-refractivity contribution < 1.29 is 14.3 Å². The summed E-state index contributed by atoms with van der Waals surface area (Å²) in [6.45, 7) is 4.03. The molecule has 2 heterocycles. The van der Waals surface area contributed by atoms with Gasteiger partial charge in [-0.1, -0.05) is 30.3 Å². The number of carbonyl (C=O) groups excluding carboxylic acids is 1. The molecule has 4 nitrogen and oxygen atoms in total. The fraction of sp³-hybridized carbons (Fsp3) is 0.381. The van der Waals surface area contributed by atoms with E-state index in [4.69, 9.17) is 9.47 Å². The minimum Gasteiger partial charge on any atom is -0.486 e. The number of fused-ring (bicyclic) bond motifs is 1. The van der Waals surface area contributed by atoms with Crippen molar-refractivity contribution in [2.75, 3.05) is 32.8 Å². The van der Waals surface area contributed by atoms with Crippen LogP contribution in [0.25, 0.3) is 0 Å². The lowest BCUT2D eigenvalue weighted by Crippen LogP contribution is -2.23. The molecule has 138 valence electrons. The van der Waals surface area contributed by atoms with Gasteiger partial charge in [0.2, 0.25) is 0 Å². The summed E-state index contributed by atoms with van der Waals surface area (Å²) in [5.41, 5.74) is 2.12. The van der Waals surface area contributed by atoms with Gasteiger partial charge in [0.25, 0.3) is 0 Å². The number of halogens is 1. The van der Waals surface area contributed by atoms with E-state index in [2.05, 4.69) is 35.2 Å². The van der Waals surface area contributed by atoms with Crippen molar-refractivity contribution in [2.24, 2.45) is 0 Å². The van der Waals surface area contributed by atoms with E-state index in [0.717, 1.165) is 25.4 Å². The molecule has 2 aromatic rings. The Morgan fingerprint density at radius 2 is 1.81 bits per heavy atom. The number of ether oxygens (including phenoxy) is 2. The van der Waals surface area contributed by atoms with Gasteiger partial charge < -0.3 is 14.4 Å². The summed E-state index contributed by atoms with van der Waals surface area (Å²) in [7, 11) is 0. The number of hydrogen-bond donors (Lipinski definition) is 0. The zero-order chi connectivity index (χ0) is 17.1. The second-order valence-corrected chi connectivity index (χ2v) is 6.73. The zero-order valence-corrected chi connectivity index (χ0v) is 15.5. The molecule has 0 aromatic heterocycles. The van der Waals surface area contributed by atoms with Crippen molar-refractivity contribution in [2.45, 2.75) is 18.8 Å². The van der Waals surface area contributed by atoms with Crippen LogP contribution in [0.4, 0.5) is 0 Å². The summed E-state index contributed by atoms with van der Waals surface area (Å²) < 4.78 is 11.1. The van der Waals surface area contributed by atoms with E-state index in [1.807, 2.05) is 18.2 Å².